The van der Waals surface area contributed by atoms with Crippen molar-refractivity contribution in [3.8, 4) is 28.6 Å². The first-order valence-corrected chi connectivity index (χ1v) is 12.3. The van der Waals surface area contributed by atoms with Gasteiger partial charge in [-0.3, -0.25) is 9.69 Å². The summed E-state index contributed by atoms with van der Waals surface area (Å²) in [6.07, 6.45) is -0.136. The van der Waals surface area contributed by atoms with Gasteiger partial charge >= 0.3 is 0 Å². The molecule has 3 N–H and O–H groups in total. The number of hydrogen-bond donors (Lipinski definition) is 3. The van der Waals surface area contributed by atoms with Crippen LogP contribution in [-0.2, 0) is 17.8 Å². The standard InChI is InChI=1S/C26H31ClN4O5/c1-15(2)35-23-7-5-17(10-22(23)27)26-29-25(30-36-26)21-6-4-18-12-31(9-8-20(18)16(21)3)13-24(34)28-11-19(33)14-32/h4-7,10,15,19,32-33H,8-9,11-14H2,1-3H3,(H,28,34)/t19-/m0/s1. The van der Waals surface area contributed by atoms with Gasteiger partial charge in [0, 0.05) is 30.8 Å². The lowest BCUT2D eigenvalue weighted by molar-refractivity contribution is -0.123. The molecule has 3 aromatic rings. The number of rotatable bonds is 9. The highest BCUT2D eigenvalue weighted by Crippen LogP contribution is 2.33. The molecular formula is C26H31ClN4O5. The molecule has 4 rings (SSSR count). The first-order valence-electron chi connectivity index (χ1n) is 11.9. The van der Waals surface area contributed by atoms with E-state index in [2.05, 4.69) is 27.3 Å². The largest absolute Gasteiger partial charge is 0.489 e. The third kappa shape index (κ3) is 6.04. The van der Waals surface area contributed by atoms with Crippen molar-refractivity contribution in [2.75, 3.05) is 26.2 Å². The summed E-state index contributed by atoms with van der Waals surface area (Å²) in [5.41, 5.74) is 5.09. The van der Waals surface area contributed by atoms with Gasteiger partial charge in [0.1, 0.15) is 5.75 Å². The van der Waals surface area contributed by atoms with Gasteiger partial charge in [-0.05, 0) is 62.1 Å². The van der Waals surface area contributed by atoms with Crippen molar-refractivity contribution >= 4 is 17.5 Å². The Morgan fingerprint density at radius 2 is 2.11 bits per heavy atom. The lowest BCUT2D eigenvalue weighted by Crippen LogP contribution is -2.42. The normalized spacial score (nSPS) is 14.5. The fourth-order valence-electron chi connectivity index (χ4n) is 4.26. The first kappa shape index (κ1) is 26.1. The van der Waals surface area contributed by atoms with Crippen molar-refractivity contribution in [3.63, 3.8) is 0 Å². The van der Waals surface area contributed by atoms with E-state index in [1.165, 1.54) is 5.56 Å². The summed E-state index contributed by atoms with van der Waals surface area (Å²) < 4.78 is 11.2. The summed E-state index contributed by atoms with van der Waals surface area (Å²) in [7, 11) is 0. The summed E-state index contributed by atoms with van der Waals surface area (Å²) >= 11 is 6.37. The molecule has 1 amide bonds. The van der Waals surface area contributed by atoms with Crippen LogP contribution in [0, 0.1) is 6.92 Å². The van der Waals surface area contributed by atoms with Gasteiger partial charge in [0.25, 0.3) is 5.89 Å². The SMILES string of the molecule is Cc1c(-c2noc(-c3ccc(OC(C)C)c(Cl)c3)n2)ccc2c1CCN(CC(=O)NC[C@H](O)CO)C2. The predicted molar refractivity (Wildman–Crippen MR) is 136 cm³/mol. The van der Waals surface area contributed by atoms with Crippen molar-refractivity contribution in [3.05, 3.63) is 52.0 Å². The highest BCUT2D eigenvalue weighted by molar-refractivity contribution is 6.32. The molecule has 0 bridgehead atoms. The number of fused-ring (bicyclic) bond motifs is 1. The Hall–Kier alpha value is -2.98. The molecule has 1 aromatic heterocycles. The molecule has 0 unspecified atom stereocenters. The van der Waals surface area contributed by atoms with Crippen LogP contribution in [0.1, 0.15) is 30.5 Å². The zero-order chi connectivity index (χ0) is 25.8. The molecule has 1 aliphatic heterocycles. The monoisotopic (exact) mass is 514 g/mol. The van der Waals surface area contributed by atoms with Crippen molar-refractivity contribution in [2.45, 2.75) is 45.9 Å². The Morgan fingerprint density at radius 1 is 1.31 bits per heavy atom. The minimum Gasteiger partial charge on any atom is -0.489 e. The van der Waals surface area contributed by atoms with Crippen LogP contribution in [0.5, 0.6) is 5.75 Å². The molecule has 0 aliphatic carbocycles. The maximum Gasteiger partial charge on any atom is 0.258 e. The average Bonchev–Trinajstić information content (AvgIpc) is 3.33. The fraction of sp³-hybridized carbons (Fsp3) is 0.423. The van der Waals surface area contributed by atoms with E-state index >= 15 is 0 Å². The Bertz CT molecular complexity index is 1230. The Morgan fingerprint density at radius 3 is 2.83 bits per heavy atom. The second-order valence-electron chi connectivity index (χ2n) is 9.21. The van der Waals surface area contributed by atoms with E-state index in [0.717, 1.165) is 29.7 Å². The molecule has 0 spiro atoms. The minimum atomic E-state index is -0.946. The average molecular weight is 515 g/mol. The van der Waals surface area contributed by atoms with Crippen LogP contribution in [0.3, 0.4) is 0 Å². The summed E-state index contributed by atoms with van der Waals surface area (Å²) in [4.78, 5) is 18.8. The quantitative estimate of drug-likeness (QED) is 0.398. The summed E-state index contributed by atoms with van der Waals surface area (Å²) in [6.45, 7) is 7.20. The molecule has 9 nitrogen and oxygen atoms in total. The minimum absolute atomic E-state index is 0.0190. The lowest BCUT2D eigenvalue weighted by Gasteiger charge is -2.29. The summed E-state index contributed by atoms with van der Waals surface area (Å²) in [5.74, 6) is 1.31. The zero-order valence-corrected chi connectivity index (χ0v) is 21.4. The van der Waals surface area contributed by atoms with E-state index in [0.29, 0.717) is 34.6 Å². The lowest BCUT2D eigenvalue weighted by atomic mass is 9.91. The second kappa shape index (κ2) is 11.4. The van der Waals surface area contributed by atoms with E-state index in [1.54, 1.807) is 12.1 Å². The van der Waals surface area contributed by atoms with Crippen LogP contribution in [0.4, 0.5) is 0 Å². The molecule has 0 saturated heterocycles. The molecule has 36 heavy (non-hydrogen) atoms. The smallest absolute Gasteiger partial charge is 0.258 e. The number of nitrogens with one attached hydrogen (secondary N) is 1. The number of ether oxygens (including phenoxy) is 1. The molecule has 0 radical (unpaired) electrons. The van der Waals surface area contributed by atoms with Crippen LogP contribution in [-0.4, -0.2) is 69.6 Å². The highest BCUT2D eigenvalue weighted by Gasteiger charge is 2.23. The van der Waals surface area contributed by atoms with E-state index in [-0.39, 0.29) is 31.7 Å². The maximum absolute atomic E-state index is 12.2. The number of aliphatic hydroxyl groups is 2. The number of aliphatic hydroxyl groups excluding tert-OH is 2. The Balaban J connectivity index is 1.46. The molecule has 1 aliphatic rings. The van der Waals surface area contributed by atoms with Gasteiger partial charge in [0.05, 0.1) is 30.4 Å². The van der Waals surface area contributed by atoms with Crippen LogP contribution in [0.15, 0.2) is 34.9 Å². The Kier molecular flexibility index (Phi) is 8.25. The third-order valence-electron chi connectivity index (χ3n) is 6.09. The van der Waals surface area contributed by atoms with Gasteiger partial charge in [0.15, 0.2) is 0 Å². The molecule has 2 aromatic carbocycles. The molecule has 10 heteroatoms. The molecule has 192 valence electrons. The molecule has 0 fully saturated rings. The third-order valence-corrected chi connectivity index (χ3v) is 6.38. The number of carbonyl (C=O) groups excluding carboxylic acids is 1. The molecule has 2 heterocycles. The number of nitrogens with zero attached hydrogens (tertiary/aromatic N) is 3. The van der Waals surface area contributed by atoms with E-state index in [4.69, 9.17) is 26.0 Å². The Labute approximate surface area is 215 Å². The van der Waals surface area contributed by atoms with Gasteiger partial charge in [-0.2, -0.15) is 4.98 Å². The van der Waals surface area contributed by atoms with Gasteiger partial charge in [-0.25, -0.2) is 0 Å². The van der Waals surface area contributed by atoms with Crippen LogP contribution in [0.25, 0.3) is 22.8 Å². The van der Waals surface area contributed by atoms with Crippen molar-refractivity contribution in [1.29, 1.82) is 0 Å². The predicted octanol–water partition coefficient (Wildman–Crippen LogP) is 2.98. The van der Waals surface area contributed by atoms with Crippen molar-refractivity contribution < 1.29 is 24.3 Å². The van der Waals surface area contributed by atoms with Crippen LogP contribution in [0.2, 0.25) is 5.02 Å². The van der Waals surface area contributed by atoms with Crippen molar-refractivity contribution in [2.24, 2.45) is 0 Å². The molecule has 0 saturated carbocycles. The number of halogens is 1. The number of benzene rings is 2. The highest BCUT2D eigenvalue weighted by atomic mass is 35.5. The summed E-state index contributed by atoms with van der Waals surface area (Å²) in [6, 6.07) is 9.42. The summed E-state index contributed by atoms with van der Waals surface area (Å²) in [5, 5.41) is 25.6. The van der Waals surface area contributed by atoms with Crippen molar-refractivity contribution in [1.82, 2.24) is 20.4 Å². The second-order valence-corrected chi connectivity index (χ2v) is 9.62. The van der Waals surface area contributed by atoms with Gasteiger partial charge in [-0.15, -0.1) is 0 Å². The van der Waals surface area contributed by atoms with Crippen LogP contribution < -0.4 is 10.1 Å². The number of aromatic nitrogens is 2. The number of hydrogen-bond acceptors (Lipinski definition) is 8. The van der Waals surface area contributed by atoms with Gasteiger partial charge < -0.3 is 24.8 Å². The van der Waals surface area contributed by atoms with Crippen LogP contribution >= 0.6 is 11.6 Å². The number of amides is 1. The maximum atomic E-state index is 12.2. The topological polar surface area (TPSA) is 121 Å². The molecular weight excluding hydrogens is 484 g/mol. The molecule has 1 atom stereocenters. The first-order chi connectivity index (χ1) is 17.2. The van der Waals surface area contributed by atoms with E-state index in [9.17, 15) is 9.90 Å². The number of carbonyl (C=O) groups is 1. The van der Waals surface area contributed by atoms with Gasteiger partial charge in [-0.1, -0.05) is 28.9 Å². The zero-order valence-electron chi connectivity index (χ0n) is 20.6. The van der Waals surface area contributed by atoms with E-state index < -0.39 is 6.10 Å². The fourth-order valence-corrected chi connectivity index (χ4v) is 4.49. The van der Waals surface area contributed by atoms with Gasteiger partial charge in [0.2, 0.25) is 11.7 Å². The van der Waals surface area contributed by atoms with E-state index in [1.807, 2.05) is 32.0 Å².